The van der Waals surface area contributed by atoms with Gasteiger partial charge in [-0.2, -0.15) is 0 Å². The molecule has 2 aromatic rings. The standard InChI is InChI=1S/C22H22ClNO5/c1-3-4-11-24-19(14-7-10-16(25)17(12-14)29-2)18(21(27)22(24)28)20(26)13-5-8-15(23)9-6-13/h5-10,12,19,25-26H,3-4,11H2,1-2H3/t19-/m1/s1. The van der Waals surface area contributed by atoms with Gasteiger partial charge in [0, 0.05) is 17.1 Å². The van der Waals surface area contributed by atoms with Crippen LogP contribution in [-0.4, -0.2) is 40.5 Å². The second kappa shape index (κ2) is 8.57. The van der Waals surface area contributed by atoms with E-state index in [-0.39, 0.29) is 22.8 Å². The molecule has 2 aromatic carbocycles. The molecule has 0 radical (unpaired) electrons. The van der Waals surface area contributed by atoms with Gasteiger partial charge in [-0.05, 0) is 48.4 Å². The molecule has 152 valence electrons. The van der Waals surface area contributed by atoms with Crippen molar-refractivity contribution in [2.45, 2.75) is 25.8 Å². The van der Waals surface area contributed by atoms with E-state index in [9.17, 15) is 19.8 Å². The van der Waals surface area contributed by atoms with Crippen LogP contribution in [0.1, 0.15) is 36.9 Å². The highest BCUT2D eigenvalue weighted by Gasteiger charge is 2.45. The van der Waals surface area contributed by atoms with Crippen LogP contribution in [0, 0.1) is 0 Å². The quantitative estimate of drug-likeness (QED) is 0.418. The Balaban J connectivity index is 2.18. The number of aromatic hydroxyl groups is 1. The summed E-state index contributed by atoms with van der Waals surface area (Å²) in [6, 6.07) is 10.2. The maximum atomic E-state index is 12.8. The van der Waals surface area contributed by atoms with E-state index in [4.69, 9.17) is 16.3 Å². The first kappa shape index (κ1) is 20.7. The van der Waals surface area contributed by atoms with E-state index in [1.54, 1.807) is 36.4 Å². The number of phenolic OH excluding ortho intramolecular Hbond substituents is 1. The van der Waals surface area contributed by atoms with Crippen molar-refractivity contribution >= 4 is 29.1 Å². The Hall–Kier alpha value is -2.99. The van der Waals surface area contributed by atoms with E-state index in [1.807, 2.05) is 6.92 Å². The summed E-state index contributed by atoms with van der Waals surface area (Å²) in [7, 11) is 1.42. The Morgan fingerprint density at radius 3 is 2.48 bits per heavy atom. The number of likely N-dealkylation sites (tertiary alicyclic amines) is 1. The number of hydrogen-bond acceptors (Lipinski definition) is 5. The molecule has 6 nitrogen and oxygen atoms in total. The monoisotopic (exact) mass is 415 g/mol. The second-order valence-electron chi connectivity index (χ2n) is 6.78. The topological polar surface area (TPSA) is 87.1 Å². The maximum Gasteiger partial charge on any atom is 0.295 e. The number of aliphatic hydroxyl groups excluding tert-OH is 1. The van der Waals surface area contributed by atoms with Crippen LogP contribution in [0.3, 0.4) is 0 Å². The number of benzene rings is 2. The van der Waals surface area contributed by atoms with Crippen molar-refractivity contribution in [3.63, 3.8) is 0 Å². The molecule has 0 saturated carbocycles. The molecule has 2 N–H and O–H groups in total. The van der Waals surface area contributed by atoms with Gasteiger partial charge in [0.25, 0.3) is 11.7 Å². The van der Waals surface area contributed by atoms with Crippen molar-refractivity contribution in [2.24, 2.45) is 0 Å². The van der Waals surface area contributed by atoms with Gasteiger partial charge in [0.1, 0.15) is 5.76 Å². The number of Topliss-reactive ketones (excluding diaryl/α,β-unsaturated/α-hetero) is 1. The number of phenols is 1. The number of methoxy groups -OCH3 is 1. The number of rotatable bonds is 6. The van der Waals surface area contributed by atoms with Crippen molar-refractivity contribution in [1.82, 2.24) is 4.90 Å². The van der Waals surface area contributed by atoms with E-state index >= 15 is 0 Å². The van der Waals surface area contributed by atoms with Crippen LogP contribution < -0.4 is 4.74 Å². The minimum absolute atomic E-state index is 0.00108. The van der Waals surface area contributed by atoms with Crippen LogP contribution in [0.25, 0.3) is 5.76 Å². The zero-order chi connectivity index (χ0) is 21.1. The summed E-state index contributed by atoms with van der Waals surface area (Å²) < 4.78 is 5.18. The molecule has 0 aromatic heterocycles. The summed E-state index contributed by atoms with van der Waals surface area (Å²) in [5.41, 5.74) is 0.949. The van der Waals surface area contributed by atoms with Gasteiger partial charge in [-0.3, -0.25) is 9.59 Å². The van der Waals surface area contributed by atoms with Crippen LogP contribution in [0.5, 0.6) is 11.5 Å². The highest BCUT2D eigenvalue weighted by atomic mass is 35.5. The first-order valence-electron chi connectivity index (χ1n) is 9.30. The minimum Gasteiger partial charge on any atom is -0.507 e. The van der Waals surface area contributed by atoms with E-state index in [0.717, 1.165) is 6.42 Å². The molecule has 29 heavy (non-hydrogen) atoms. The third kappa shape index (κ3) is 3.93. The number of ketones is 1. The molecule has 1 aliphatic rings. The first-order valence-corrected chi connectivity index (χ1v) is 9.68. The summed E-state index contributed by atoms with van der Waals surface area (Å²) in [6.45, 7) is 2.36. The summed E-state index contributed by atoms with van der Waals surface area (Å²) in [6.07, 6.45) is 1.55. The molecule has 1 amide bonds. The van der Waals surface area contributed by atoms with Gasteiger partial charge in [-0.25, -0.2) is 0 Å². The third-order valence-electron chi connectivity index (χ3n) is 4.93. The van der Waals surface area contributed by atoms with Gasteiger partial charge in [-0.15, -0.1) is 0 Å². The van der Waals surface area contributed by atoms with Crippen molar-refractivity contribution in [1.29, 1.82) is 0 Å². The Morgan fingerprint density at radius 1 is 1.17 bits per heavy atom. The smallest absolute Gasteiger partial charge is 0.295 e. The molecule has 1 atom stereocenters. The minimum atomic E-state index is -0.785. The van der Waals surface area contributed by atoms with Crippen molar-refractivity contribution in [3.05, 3.63) is 64.2 Å². The lowest BCUT2D eigenvalue weighted by molar-refractivity contribution is -0.139. The van der Waals surface area contributed by atoms with Gasteiger partial charge >= 0.3 is 0 Å². The molecular formula is C22H22ClNO5. The van der Waals surface area contributed by atoms with Gasteiger partial charge in [0.2, 0.25) is 0 Å². The Morgan fingerprint density at radius 2 is 1.86 bits per heavy atom. The van der Waals surface area contributed by atoms with Crippen LogP contribution in [0.2, 0.25) is 5.02 Å². The number of ether oxygens (including phenoxy) is 1. The number of hydrogen-bond donors (Lipinski definition) is 2. The summed E-state index contributed by atoms with van der Waals surface area (Å²) in [4.78, 5) is 27.1. The third-order valence-corrected chi connectivity index (χ3v) is 5.18. The molecule has 1 aliphatic heterocycles. The first-order chi connectivity index (χ1) is 13.9. The lowest BCUT2D eigenvalue weighted by Crippen LogP contribution is -2.30. The zero-order valence-electron chi connectivity index (χ0n) is 16.2. The Kier molecular flexibility index (Phi) is 6.13. The highest BCUT2D eigenvalue weighted by Crippen LogP contribution is 2.41. The number of carbonyl (C=O) groups is 2. The fraction of sp³-hybridized carbons (Fsp3) is 0.273. The van der Waals surface area contributed by atoms with Gasteiger partial charge in [-0.1, -0.05) is 31.0 Å². The normalized spacial score (nSPS) is 18.3. The fourth-order valence-electron chi connectivity index (χ4n) is 3.41. The SMILES string of the molecule is CCCCN1C(=O)C(=O)C(=C(O)c2ccc(Cl)cc2)[C@H]1c1ccc(O)c(OC)c1. The highest BCUT2D eigenvalue weighted by molar-refractivity contribution is 6.46. The predicted molar refractivity (Wildman–Crippen MR) is 110 cm³/mol. The molecule has 1 saturated heterocycles. The number of carbonyl (C=O) groups excluding carboxylic acids is 2. The Bertz CT molecular complexity index is 968. The molecule has 7 heteroatoms. The van der Waals surface area contributed by atoms with Crippen LogP contribution in [-0.2, 0) is 9.59 Å². The maximum absolute atomic E-state index is 12.8. The summed E-state index contributed by atoms with van der Waals surface area (Å²) in [5, 5.41) is 21.3. The number of amides is 1. The number of nitrogens with zero attached hydrogens (tertiary/aromatic N) is 1. The van der Waals surface area contributed by atoms with Crippen LogP contribution in [0.15, 0.2) is 48.0 Å². The molecule has 0 unspecified atom stereocenters. The summed E-state index contributed by atoms with van der Waals surface area (Å²) >= 11 is 5.92. The van der Waals surface area contributed by atoms with Crippen LogP contribution in [0.4, 0.5) is 0 Å². The lowest BCUT2D eigenvalue weighted by Gasteiger charge is -2.25. The molecule has 0 spiro atoms. The molecule has 1 fully saturated rings. The fourth-order valence-corrected chi connectivity index (χ4v) is 3.54. The average molecular weight is 416 g/mol. The van der Waals surface area contributed by atoms with Crippen molar-refractivity contribution in [2.75, 3.05) is 13.7 Å². The van der Waals surface area contributed by atoms with E-state index < -0.39 is 17.7 Å². The second-order valence-corrected chi connectivity index (χ2v) is 7.22. The molecular weight excluding hydrogens is 394 g/mol. The van der Waals surface area contributed by atoms with Gasteiger partial charge in [0.15, 0.2) is 11.5 Å². The molecule has 3 rings (SSSR count). The zero-order valence-corrected chi connectivity index (χ0v) is 16.9. The molecule has 1 heterocycles. The van der Waals surface area contributed by atoms with E-state index in [0.29, 0.717) is 29.1 Å². The molecule has 0 bridgehead atoms. The number of unbranched alkanes of at least 4 members (excludes halogenated alkanes) is 1. The van der Waals surface area contributed by atoms with E-state index in [1.165, 1.54) is 18.1 Å². The van der Waals surface area contributed by atoms with Crippen LogP contribution >= 0.6 is 11.6 Å². The number of aliphatic hydroxyl groups is 1. The lowest BCUT2D eigenvalue weighted by atomic mass is 9.95. The van der Waals surface area contributed by atoms with Crippen molar-refractivity contribution < 1.29 is 24.5 Å². The predicted octanol–water partition coefficient (Wildman–Crippen LogP) is 4.28. The van der Waals surface area contributed by atoms with E-state index in [2.05, 4.69) is 0 Å². The average Bonchev–Trinajstić information content (AvgIpc) is 2.97. The Labute approximate surface area is 174 Å². The number of halogens is 1. The van der Waals surface area contributed by atoms with Gasteiger partial charge in [0.05, 0.1) is 18.7 Å². The summed E-state index contributed by atoms with van der Waals surface area (Å²) in [5.74, 6) is -1.51. The largest absolute Gasteiger partial charge is 0.507 e. The van der Waals surface area contributed by atoms with Crippen molar-refractivity contribution in [3.8, 4) is 11.5 Å². The van der Waals surface area contributed by atoms with Gasteiger partial charge < -0.3 is 19.8 Å². The molecule has 0 aliphatic carbocycles.